The van der Waals surface area contributed by atoms with Crippen LogP contribution in [0.5, 0.6) is 0 Å². The van der Waals surface area contributed by atoms with E-state index in [4.69, 9.17) is 17.0 Å². The van der Waals surface area contributed by atoms with Crippen molar-refractivity contribution in [1.29, 1.82) is 0 Å². The molecule has 0 amide bonds. The van der Waals surface area contributed by atoms with Crippen LogP contribution in [0, 0.1) is 0 Å². The first-order valence-corrected chi connectivity index (χ1v) is 10.3. The van der Waals surface area contributed by atoms with Crippen LogP contribution in [0.15, 0.2) is 41.8 Å². The molecule has 0 aliphatic heterocycles. The number of anilines is 1. The van der Waals surface area contributed by atoms with Crippen molar-refractivity contribution in [2.75, 3.05) is 11.9 Å². The lowest BCUT2D eigenvalue weighted by Gasteiger charge is -2.31. The maximum atomic E-state index is 11.8. The topological polar surface area (TPSA) is 41.6 Å². The van der Waals surface area contributed by atoms with E-state index in [2.05, 4.69) is 27.7 Å². The molecule has 1 heterocycles. The summed E-state index contributed by atoms with van der Waals surface area (Å²) < 4.78 is 5.02. The number of carbonyl (C=O) groups is 1. The summed E-state index contributed by atoms with van der Waals surface area (Å²) in [6.45, 7) is 3.02. The summed E-state index contributed by atoms with van der Waals surface area (Å²) in [5.74, 6) is -0.299. The van der Waals surface area contributed by atoms with Crippen LogP contribution in [-0.4, -0.2) is 28.6 Å². The van der Waals surface area contributed by atoms with Crippen LogP contribution in [0.1, 0.15) is 47.8 Å². The molecule has 0 radical (unpaired) electrons. The van der Waals surface area contributed by atoms with Crippen LogP contribution in [0.3, 0.4) is 0 Å². The number of benzene rings is 1. The van der Waals surface area contributed by atoms with Gasteiger partial charge in [-0.2, -0.15) is 0 Å². The summed E-state index contributed by atoms with van der Waals surface area (Å²) in [6.07, 6.45) is 4.91. The number of hydrogen-bond donors (Lipinski definition) is 1. The molecule has 3 rings (SSSR count). The number of thiophene rings is 1. The highest BCUT2D eigenvalue weighted by molar-refractivity contribution is 7.80. The number of nitrogens with zero attached hydrogens (tertiary/aromatic N) is 1. The molecule has 0 atom stereocenters. The van der Waals surface area contributed by atoms with Crippen LogP contribution in [-0.2, 0) is 11.3 Å². The molecule has 1 fully saturated rings. The van der Waals surface area contributed by atoms with Gasteiger partial charge in [-0.3, -0.25) is 0 Å². The molecule has 0 unspecified atom stereocenters. The van der Waals surface area contributed by atoms with E-state index < -0.39 is 0 Å². The number of carbonyl (C=O) groups excluding carboxylic acids is 1. The molecule has 6 heteroatoms. The molecule has 4 nitrogen and oxygen atoms in total. The molecule has 1 aliphatic rings. The Bertz CT molecular complexity index is 723. The highest BCUT2D eigenvalue weighted by atomic mass is 32.1. The molecular weight excluding hydrogens is 364 g/mol. The second-order valence-corrected chi connectivity index (χ2v) is 7.79. The zero-order valence-electron chi connectivity index (χ0n) is 14.9. The van der Waals surface area contributed by atoms with Gasteiger partial charge in [-0.15, -0.1) is 11.3 Å². The Balaban J connectivity index is 1.67. The SMILES string of the molecule is CCOC(=O)c1ccc(NC(=S)N(Cc2cccs2)C2CCCC2)cc1. The van der Waals surface area contributed by atoms with Gasteiger partial charge < -0.3 is 15.0 Å². The van der Waals surface area contributed by atoms with E-state index in [0.717, 1.165) is 17.3 Å². The molecule has 1 saturated carbocycles. The van der Waals surface area contributed by atoms with Crippen molar-refractivity contribution in [3.05, 3.63) is 52.2 Å². The molecule has 2 aromatic rings. The van der Waals surface area contributed by atoms with Crippen LogP contribution in [0.25, 0.3) is 0 Å². The highest BCUT2D eigenvalue weighted by Gasteiger charge is 2.25. The van der Waals surface area contributed by atoms with Crippen molar-refractivity contribution in [2.45, 2.75) is 45.2 Å². The van der Waals surface area contributed by atoms with Gasteiger partial charge in [0, 0.05) is 16.6 Å². The van der Waals surface area contributed by atoms with E-state index in [9.17, 15) is 4.79 Å². The van der Waals surface area contributed by atoms with Gasteiger partial charge >= 0.3 is 5.97 Å². The van der Waals surface area contributed by atoms with E-state index >= 15 is 0 Å². The number of nitrogens with one attached hydrogen (secondary N) is 1. The third-order valence-corrected chi connectivity index (χ3v) is 5.78. The Morgan fingerprint density at radius 1 is 1.27 bits per heavy atom. The van der Waals surface area contributed by atoms with Gasteiger partial charge in [0.25, 0.3) is 0 Å². The Labute approximate surface area is 164 Å². The number of esters is 1. The number of rotatable bonds is 6. The van der Waals surface area contributed by atoms with Crippen molar-refractivity contribution in [1.82, 2.24) is 4.90 Å². The minimum atomic E-state index is -0.299. The summed E-state index contributed by atoms with van der Waals surface area (Å²) in [5, 5.41) is 6.19. The molecule has 1 aromatic carbocycles. The molecule has 0 bridgehead atoms. The average Bonchev–Trinajstić information content (AvgIpc) is 3.34. The van der Waals surface area contributed by atoms with Crippen molar-refractivity contribution in [3.8, 4) is 0 Å². The maximum absolute atomic E-state index is 11.8. The van der Waals surface area contributed by atoms with Gasteiger partial charge in [-0.05, 0) is 67.7 Å². The number of hydrogen-bond acceptors (Lipinski definition) is 4. The molecule has 1 aliphatic carbocycles. The first-order chi connectivity index (χ1) is 12.7. The average molecular weight is 389 g/mol. The second kappa shape index (κ2) is 9.14. The van der Waals surface area contributed by atoms with Gasteiger partial charge in [0.15, 0.2) is 5.11 Å². The number of ether oxygens (including phenoxy) is 1. The van der Waals surface area contributed by atoms with Crippen LogP contribution < -0.4 is 5.32 Å². The third kappa shape index (κ3) is 4.83. The largest absolute Gasteiger partial charge is 0.462 e. The lowest BCUT2D eigenvalue weighted by molar-refractivity contribution is 0.0526. The van der Waals surface area contributed by atoms with Crippen molar-refractivity contribution in [3.63, 3.8) is 0 Å². The smallest absolute Gasteiger partial charge is 0.338 e. The normalized spacial score (nSPS) is 14.2. The van der Waals surface area contributed by atoms with Crippen LogP contribution in [0.4, 0.5) is 5.69 Å². The van der Waals surface area contributed by atoms with Gasteiger partial charge in [-0.1, -0.05) is 18.9 Å². The van der Waals surface area contributed by atoms with Crippen molar-refractivity contribution < 1.29 is 9.53 Å². The fourth-order valence-corrected chi connectivity index (χ4v) is 4.29. The van der Waals surface area contributed by atoms with Crippen molar-refractivity contribution in [2.24, 2.45) is 0 Å². The Kier molecular flexibility index (Phi) is 6.63. The van der Waals surface area contributed by atoms with E-state index in [1.54, 1.807) is 30.4 Å². The molecular formula is C20H24N2O2S2. The monoisotopic (exact) mass is 388 g/mol. The molecule has 0 spiro atoms. The lowest BCUT2D eigenvalue weighted by atomic mass is 10.2. The standard InChI is InChI=1S/C20H24N2O2S2/c1-2-24-19(23)15-9-11-16(12-10-15)21-20(25)22(17-6-3-4-7-17)14-18-8-5-13-26-18/h5,8-13,17H,2-4,6-7,14H2,1H3,(H,21,25). The zero-order valence-corrected chi connectivity index (χ0v) is 16.6. The second-order valence-electron chi connectivity index (χ2n) is 6.37. The lowest BCUT2D eigenvalue weighted by Crippen LogP contribution is -2.40. The van der Waals surface area contributed by atoms with Gasteiger partial charge in [0.2, 0.25) is 0 Å². The fraction of sp³-hybridized carbons (Fsp3) is 0.400. The van der Waals surface area contributed by atoms with Crippen LogP contribution in [0.2, 0.25) is 0 Å². The predicted molar refractivity (Wildman–Crippen MR) is 111 cm³/mol. The predicted octanol–water partition coefficient (Wildman–Crippen LogP) is 5.07. The summed E-state index contributed by atoms with van der Waals surface area (Å²) in [7, 11) is 0. The van der Waals surface area contributed by atoms with E-state index in [1.807, 2.05) is 12.1 Å². The summed E-state index contributed by atoms with van der Waals surface area (Å²) in [4.78, 5) is 15.4. The fourth-order valence-electron chi connectivity index (χ4n) is 3.25. The van der Waals surface area contributed by atoms with E-state index in [1.165, 1.54) is 30.6 Å². The quantitative estimate of drug-likeness (QED) is 0.553. The molecule has 26 heavy (non-hydrogen) atoms. The van der Waals surface area contributed by atoms with Gasteiger partial charge in [0.1, 0.15) is 0 Å². The summed E-state index contributed by atoms with van der Waals surface area (Å²) in [6, 6.07) is 12.0. The van der Waals surface area contributed by atoms with E-state index in [0.29, 0.717) is 18.2 Å². The van der Waals surface area contributed by atoms with E-state index in [-0.39, 0.29) is 5.97 Å². The number of thiocarbonyl (C=S) groups is 1. The van der Waals surface area contributed by atoms with Gasteiger partial charge in [-0.25, -0.2) is 4.79 Å². The third-order valence-electron chi connectivity index (χ3n) is 4.58. The van der Waals surface area contributed by atoms with Crippen molar-refractivity contribution >= 4 is 40.3 Å². The molecule has 0 saturated heterocycles. The first kappa shape index (κ1) is 18.9. The highest BCUT2D eigenvalue weighted by Crippen LogP contribution is 2.27. The Morgan fingerprint density at radius 2 is 2.00 bits per heavy atom. The first-order valence-electron chi connectivity index (χ1n) is 9.04. The Morgan fingerprint density at radius 3 is 2.62 bits per heavy atom. The van der Waals surface area contributed by atoms with Crippen LogP contribution >= 0.6 is 23.6 Å². The maximum Gasteiger partial charge on any atom is 0.338 e. The Hall–Kier alpha value is -1.92. The molecule has 1 N–H and O–H groups in total. The molecule has 1 aromatic heterocycles. The minimum Gasteiger partial charge on any atom is -0.462 e. The summed E-state index contributed by atoms with van der Waals surface area (Å²) in [5.41, 5.74) is 1.44. The summed E-state index contributed by atoms with van der Waals surface area (Å²) >= 11 is 7.48. The minimum absolute atomic E-state index is 0.299. The molecule has 138 valence electrons. The van der Waals surface area contributed by atoms with Gasteiger partial charge in [0.05, 0.1) is 18.7 Å². The zero-order chi connectivity index (χ0) is 18.4.